The zero-order valence-electron chi connectivity index (χ0n) is 8.43. The molecule has 0 radical (unpaired) electrons. The lowest BCUT2D eigenvalue weighted by Gasteiger charge is -1.95. The largest absolute Gasteiger partial charge is 0.462 e. The predicted octanol–water partition coefficient (Wildman–Crippen LogP) is 1.93. The van der Waals surface area contributed by atoms with Crippen LogP contribution in [0.1, 0.15) is 12.5 Å². The van der Waals surface area contributed by atoms with Gasteiger partial charge in [0.15, 0.2) is 0 Å². The normalized spacial score (nSPS) is 9.87. The van der Waals surface area contributed by atoms with E-state index in [-0.39, 0.29) is 0 Å². The molecule has 76 valence electrons. The van der Waals surface area contributed by atoms with Gasteiger partial charge in [-0.3, -0.25) is 0 Å². The first-order chi connectivity index (χ1) is 7.26. The molecule has 0 aliphatic heterocycles. The number of ether oxygens (including phenoxy) is 1. The van der Waals surface area contributed by atoms with Gasteiger partial charge in [-0.25, -0.2) is 9.79 Å². The molecular weight excluding hydrogens is 190 g/mol. The molecule has 3 heteroatoms. The number of carbonyl (C=O) groups excluding carboxylic acids is 1. The van der Waals surface area contributed by atoms with Crippen molar-refractivity contribution in [2.75, 3.05) is 6.61 Å². The van der Waals surface area contributed by atoms with Crippen molar-refractivity contribution in [1.82, 2.24) is 0 Å². The highest BCUT2D eigenvalue weighted by molar-refractivity contribution is 6.23. The zero-order chi connectivity index (χ0) is 11.1. The SMILES string of the molecule is C#Cc1ccc(N=CC(=O)OCC)cc1. The molecule has 0 spiro atoms. The summed E-state index contributed by atoms with van der Waals surface area (Å²) < 4.78 is 4.69. The molecule has 3 nitrogen and oxygen atoms in total. The Morgan fingerprint density at radius 2 is 2.20 bits per heavy atom. The van der Waals surface area contributed by atoms with Gasteiger partial charge >= 0.3 is 5.97 Å². The number of carbonyl (C=O) groups is 1. The molecule has 0 amide bonds. The molecule has 0 fully saturated rings. The fraction of sp³-hybridized carbons (Fsp3) is 0.167. The van der Waals surface area contributed by atoms with Crippen LogP contribution in [0.3, 0.4) is 0 Å². The molecule has 1 aromatic carbocycles. The summed E-state index contributed by atoms with van der Waals surface area (Å²) >= 11 is 0. The van der Waals surface area contributed by atoms with Crippen LogP contribution in [-0.4, -0.2) is 18.8 Å². The quantitative estimate of drug-likeness (QED) is 0.426. The molecule has 0 atom stereocenters. The standard InChI is InChI=1S/C12H11NO2/c1-3-10-5-7-11(8-6-10)13-9-12(14)15-4-2/h1,5-9H,4H2,2H3. The van der Waals surface area contributed by atoms with Crippen LogP contribution in [0.2, 0.25) is 0 Å². The van der Waals surface area contributed by atoms with Crippen LogP contribution >= 0.6 is 0 Å². The Labute approximate surface area is 88.8 Å². The lowest BCUT2D eigenvalue weighted by atomic mass is 10.2. The minimum atomic E-state index is -0.446. The minimum absolute atomic E-state index is 0.348. The Bertz CT molecular complexity index is 399. The van der Waals surface area contributed by atoms with Crippen molar-refractivity contribution >= 4 is 17.9 Å². The maximum atomic E-state index is 10.9. The lowest BCUT2D eigenvalue weighted by Crippen LogP contribution is -2.04. The average Bonchev–Trinajstić information content (AvgIpc) is 2.27. The second kappa shape index (κ2) is 5.61. The van der Waals surface area contributed by atoms with Gasteiger partial charge in [0.1, 0.15) is 6.21 Å². The first kappa shape index (κ1) is 11.0. The molecule has 0 aliphatic carbocycles. The number of hydrogen-bond donors (Lipinski definition) is 0. The van der Waals surface area contributed by atoms with E-state index in [4.69, 9.17) is 6.42 Å². The summed E-state index contributed by atoms with van der Waals surface area (Å²) in [6.45, 7) is 2.09. The first-order valence-corrected chi connectivity index (χ1v) is 4.53. The van der Waals surface area contributed by atoms with Crippen LogP contribution < -0.4 is 0 Å². The van der Waals surface area contributed by atoms with Crippen LogP contribution in [0.4, 0.5) is 5.69 Å². The van der Waals surface area contributed by atoms with Crippen LogP contribution in [0.25, 0.3) is 0 Å². The van der Waals surface area contributed by atoms with E-state index in [0.29, 0.717) is 12.3 Å². The second-order valence-electron chi connectivity index (χ2n) is 2.70. The Morgan fingerprint density at radius 3 is 2.73 bits per heavy atom. The Balaban J connectivity index is 2.65. The fourth-order valence-electron chi connectivity index (χ4n) is 0.950. The van der Waals surface area contributed by atoms with Gasteiger partial charge in [0.05, 0.1) is 12.3 Å². The summed E-state index contributed by atoms with van der Waals surface area (Å²) in [7, 11) is 0. The topological polar surface area (TPSA) is 38.7 Å². The molecule has 15 heavy (non-hydrogen) atoms. The molecule has 0 saturated carbocycles. The number of benzene rings is 1. The molecular formula is C12H11NO2. The molecule has 0 unspecified atom stereocenters. The van der Waals surface area contributed by atoms with Crippen molar-refractivity contribution in [2.45, 2.75) is 6.92 Å². The Kier molecular flexibility index (Phi) is 4.11. The van der Waals surface area contributed by atoms with Gasteiger partial charge in [0, 0.05) is 5.56 Å². The van der Waals surface area contributed by atoms with Crippen molar-refractivity contribution in [2.24, 2.45) is 4.99 Å². The molecule has 0 aliphatic rings. The molecule has 1 rings (SSSR count). The second-order valence-corrected chi connectivity index (χ2v) is 2.70. The molecule has 0 aromatic heterocycles. The van der Waals surface area contributed by atoms with Gasteiger partial charge < -0.3 is 4.74 Å². The maximum Gasteiger partial charge on any atom is 0.349 e. The van der Waals surface area contributed by atoms with E-state index in [1.165, 1.54) is 0 Å². The smallest absolute Gasteiger partial charge is 0.349 e. The zero-order valence-corrected chi connectivity index (χ0v) is 8.43. The minimum Gasteiger partial charge on any atom is -0.462 e. The molecule has 0 bridgehead atoms. The summed E-state index contributed by atoms with van der Waals surface area (Å²) in [6, 6.07) is 7.01. The summed E-state index contributed by atoms with van der Waals surface area (Å²) in [5.41, 5.74) is 1.45. The monoisotopic (exact) mass is 201 g/mol. The molecule has 0 saturated heterocycles. The van der Waals surface area contributed by atoms with Gasteiger partial charge in [0.25, 0.3) is 0 Å². The van der Waals surface area contributed by atoms with Crippen molar-refractivity contribution in [3.05, 3.63) is 29.8 Å². The van der Waals surface area contributed by atoms with E-state index in [1.807, 2.05) is 0 Å². The van der Waals surface area contributed by atoms with Crippen LogP contribution in [0.5, 0.6) is 0 Å². The number of aliphatic imine (C=N–C) groups is 1. The highest BCUT2D eigenvalue weighted by atomic mass is 16.5. The van der Waals surface area contributed by atoms with Crippen LogP contribution in [0, 0.1) is 12.3 Å². The van der Waals surface area contributed by atoms with E-state index >= 15 is 0 Å². The number of rotatable bonds is 3. The molecule has 1 aromatic rings. The van der Waals surface area contributed by atoms with Crippen molar-refractivity contribution in [3.63, 3.8) is 0 Å². The Hall–Kier alpha value is -2.08. The first-order valence-electron chi connectivity index (χ1n) is 4.53. The third kappa shape index (κ3) is 3.65. The van der Waals surface area contributed by atoms with Gasteiger partial charge in [-0.15, -0.1) is 6.42 Å². The predicted molar refractivity (Wildman–Crippen MR) is 59.2 cm³/mol. The van der Waals surface area contributed by atoms with E-state index in [0.717, 1.165) is 11.8 Å². The summed E-state index contributed by atoms with van der Waals surface area (Å²) in [5.74, 6) is 2.05. The van der Waals surface area contributed by atoms with Crippen LogP contribution in [-0.2, 0) is 9.53 Å². The summed E-state index contributed by atoms with van der Waals surface area (Å²) in [5, 5.41) is 0. The van der Waals surface area contributed by atoms with E-state index in [2.05, 4.69) is 15.6 Å². The van der Waals surface area contributed by atoms with Crippen molar-refractivity contribution < 1.29 is 9.53 Å². The van der Waals surface area contributed by atoms with E-state index in [1.54, 1.807) is 31.2 Å². The van der Waals surface area contributed by atoms with E-state index < -0.39 is 5.97 Å². The highest BCUT2D eigenvalue weighted by Crippen LogP contribution is 2.11. The number of nitrogens with zero attached hydrogens (tertiary/aromatic N) is 1. The van der Waals surface area contributed by atoms with Gasteiger partial charge in [-0.2, -0.15) is 0 Å². The van der Waals surface area contributed by atoms with E-state index in [9.17, 15) is 4.79 Å². The number of esters is 1. The Morgan fingerprint density at radius 1 is 1.53 bits per heavy atom. The van der Waals surface area contributed by atoms with Crippen molar-refractivity contribution in [1.29, 1.82) is 0 Å². The average molecular weight is 201 g/mol. The fourth-order valence-corrected chi connectivity index (χ4v) is 0.950. The summed E-state index contributed by atoms with van der Waals surface area (Å²) in [4.78, 5) is 14.9. The van der Waals surface area contributed by atoms with Crippen LogP contribution in [0.15, 0.2) is 29.3 Å². The van der Waals surface area contributed by atoms with Gasteiger partial charge in [-0.05, 0) is 31.2 Å². The number of hydrogen-bond acceptors (Lipinski definition) is 3. The number of terminal acetylenes is 1. The van der Waals surface area contributed by atoms with Gasteiger partial charge in [-0.1, -0.05) is 5.92 Å². The van der Waals surface area contributed by atoms with Gasteiger partial charge in [0.2, 0.25) is 0 Å². The summed E-state index contributed by atoms with van der Waals surface area (Å²) in [6.07, 6.45) is 6.35. The molecule has 0 N–H and O–H groups in total. The maximum absolute atomic E-state index is 10.9. The molecule has 0 heterocycles. The lowest BCUT2D eigenvalue weighted by molar-refractivity contribution is -0.134. The highest BCUT2D eigenvalue weighted by Gasteiger charge is 1.94. The third-order valence-corrected chi connectivity index (χ3v) is 1.64. The van der Waals surface area contributed by atoms with Crippen molar-refractivity contribution in [3.8, 4) is 12.3 Å². The third-order valence-electron chi connectivity index (χ3n) is 1.64.